The third kappa shape index (κ3) is 3.66. The normalized spacial score (nSPS) is 10.9. The van der Waals surface area contributed by atoms with Crippen LogP contribution in [0.1, 0.15) is 16.1 Å². The van der Waals surface area contributed by atoms with Crippen molar-refractivity contribution < 1.29 is 9.18 Å². The van der Waals surface area contributed by atoms with Gasteiger partial charge in [-0.15, -0.1) is 0 Å². The molecule has 0 fully saturated rings. The molecule has 112 valence electrons. The van der Waals surface area contributed by atoms with E-state index in [0.717, 1.165) is 6.54 Å². The van der Waals surface area contributed by atoms with Gasteiger partial charge in [-0.3, -0.25) is 4.79 Å². The second-order valence-electron chi connectivity index (χ2n) is 5.09. The van der Waals surface area contributed by atoms with E-state index in [4.69, 9.17) is 0 Å². The number of hydrogen-bond donors (Lipinski definition) is 1. The van der Waals surface area contributed by atoms with Gasteiger partial charge in [0.2, 0.25) is 0 Å². The largest absolute Gasteiger partial charge is 0.351 e. The summed E-state index contributed by atoms with van der Waals surface area (Å²) in [6, 6.07) is 6.12. The summed E-state index contributed by atoms with van der Waals surface area (Å²) in [5, 5.41) is 7.01. The summed E-state index contributed by atoms with van der Waals surface area (Å²) < 4.78 is 14.8. The second-order valence-corrected chi connectivity index (χ2v) is 5.09. The first kappa shape index (κ1) is 15.2. The van der Waals surface area contributed by atoms with Gasteiger partial charge in [-0.1, -0.05) is 6.07 Å². The minimum Gasteiger partial charge on any atom is -0.351 e. The highest BCUT2D eigenvalue weighted by molar-refractivity contribution is 5.95. The molecule has 0 aliphatic carbocycles. The van der Waals surface area contributed by atoms with Gasteiger partial charge in [-0.25, -0.2) is 9.07 Å². The number of likely N-dealkylation sites (N-methyl/N-ethyl adjacent to an activating group) is 1. The first-order valence-corrected chi connectivity index (χ1v) is 6.72. The van der Waals surface area contributed by atoms with Crippen LogP contribution in [0, 0.1) is 12.7 Å². The first-order chi connectivity index (χ1) is 9.99. The number of carbonyl (C=O) groups excluding carboxylic acids is 1. The molecule has 0 aliphatic rings. The zero-order valence-electron chi connectivity index (χ0n) is 12.4. The molecule has 1 amide bonds. The Morgan fingerprint density at radius 3 is 2.86 bits per heavy atom. The van der Waals surface area contributed by atoms with Gasteiger partial charge in [-0.05, 0) is 39.2 Å². The van der Waals surface area contributed by atoms with E-state index >= 15 is 0 Å². The van der Waals surface area contributed by atoms with E-state index in [-0.39, 0.29) is 11.7 Å². The van der Waals surface area contributed by atoms with E-state index in [9.17, 15) is 9.18 Å². The highest BCUT2D eigenvalue weighted by Crippen LogP contribution is 2.15. The molecule has 2 rings (SSSR count). The van der Waals surface area contributed by atoms with Crippen molar-refractivity contribution in [3.05, 3.63) is 47.5 Å². The smallest absolute Gasteiger partial charge is 0.254 e. The van der Waals surface area contributed by atoms with Gasteiger partial charge in [0.05, 0.1) is 23.1 Å². The van der Waals surface area contributed by atoms with Gasteiger partial charge in [0.1, 0.15) is 5.82 Å². The molecule has 0 saturated carbocycles. The Morgan fingerprint density at radius 1 is 1.43 bits per heavy atom. The molecule has 0 spiro atoms. The molecular formula is C15H19FN4O. The Morgan fingerprint density at radius 2 is 2.19 bits per heavy atom. The zero-order valence-corrected chi connectivity index (χ0v) is 12.4. The third-order valence-electron chi connectivity index (χ3n) is 3.15. The number of rotatable bonds is 5. The van der Waals surface area contributed by atoms with E-state index in [0.29, 0.717) is 23.5 Å². The Hall–Kier alpha value is -2.21. The number of hydrogen-bond acceptors (Lipinski definition) is 3. The lowest BCUT2D eigenvalue weighted by Crippen LogP contribution is -2.31. The molecular weight excluding hydrogens is 271 g/mol. The van der Waals surface area contributed by atoms with Crippen LogP contribution in [0.5, 0.6) is 0 Å². The fraction of sp³-hybridized carbons (Fsp3) is 0.333. The zero-order chi connectivity index (χ0) is 15.4. The summed E-state index contributed by atoms with van der Waals surface area (Å²) in [5.41, 5.74) is 1.78. The minimum atomic E-state index is -0.334. The van der Waals surface area contributed by atoms with Crippen molar-refractivity contribution >= 4 is 5.91 Å². The maximum absolute atomic E-state index is 13.3. The van der Waals surface area contributed by atoms with Crippen molar-refractivity contribution in [2.24, 2.45) is 0 Å². The molecule has 0 bridgehead atoms. The molecule has 1 N–H and O–H groups in total. The molecule has 0 unspecified atom stereocenters. The van der Waals surface area contributed by atoms with Crippen LogP contribution in [-0.2, 0) is 0 Å². The topological polar surface area (TPSA) is 50.2 Å². The van der Waals surface area contributed by atoms with Crippen LogP contribution < -0.4 is 5.32 Å². The Kier molecular flexibility index (Phi) is 4.70. The summed E-state index contributed by atoms with van der Waals surface area (Å²) in [6.07, 6.45) is 1.51. The second kappa shape index (κ2) is 6.49. The van der Waals surface area contributed by atoms with Gasteiger partial charge >= 0.3 is 0 Å². The first-order valence-electron chi connectivity index (χ1n) is 6.72. The number of nitrogens with zero attached hydrogens (tertiary/aromatic N) is 3. The van der Waals surface area contributed by atoms with Crippen molar-refractivity contribution in [2.75, 3.05) is 27.2 Å². The van der Waals surface area contributed by atoms with Crippen LogP contribution in [0.25, 0.3) is 5.69 Å². The third-order valence-corrected chi connectivity index (χ3v) is 3.15. The fourth-order valence-electron chi connectivity index (χ4n) is 1.99. The van der Waals surface area contributed by atoms with Crippen LogP contribution >= 0.6 is 0 Å². The van der Waals surface area contributed by atoms with Gasteiger partial charge in [0, 0.05) is 13.1 Å². The number of benzene rings is 1. The van der Waals surface area contributed by atoms with E-state index in [1.807, 2.05) is 19.0 Å². The van der Waals surface area contributed by atoms with Gasteiger partial charge in [0.15, 0.2) is 0 Å². The van der Waals surface area contributed by atoms with Crippen LogP contribution in [0.15, 0.2) is 30.5 Å². The molecule has 6 heteroatoms. The number of carbonyl (C=O) groups is 1. The number of nitrogens with one attached hydrogen (secondary N) is 1. The Balaban J connectivity index is 2.15. The van der Waals surface area contributed by atoms with Crippen LogP contribution in [0.3, 0.4) is 0 Å². The van der Waals surface area contributed by atoms with Crippen molar-refractivity contribution in [3.63, 3.8) is 0 Å². The highest BCUT2D eigenvalue weighted by Gasteiger charge is 2.14. The van der Waals surface area contributed by atoms with Crippen molar-refractivity contribution in [1.82, 2.24) is 20.0 Å². The number of aromatic nitrogens is 2. The van der Waals surface area contributed by atoms with Gasteiger partial charge in [-0.2, -0.15) is 5.10 Å². The quantitative estimate of drug-likeness (QED) is 0.910. The molecule has 2 aromatic rings. The van der Waals surface area contributed by atoms with Gasteiger partial charge in [0.25, 0.3) is 5.91 Å². The molecule has 0 aliphatic heterocycles. The van der Waals surface area contributed by atoms with E-state index in [1.54, 1.807) is 23.7 Å². The number of amides is 1. The standard InChI is InChI=1S/C15H19FN4O/c1-11-14(15(21)17-7-8-19(2)3)10-18-20(11)13-6-4-5-12(16)9-13/h4-6,9-10H,7-8H2,1-3H3,(H,17,21). The average molecular weight is 290 g/mol. The van der Waals surface area contributed by atoms with E-state index in [1.165, 1.54) is 18.3 Å². The average Bonchev–Trinajstić information content (AvgIpc) is 2.80. The molecule has 1 aromatic heterocycles. The summed E-state index contributed by atoms with van der Waals surface area (Å²) in [5.74, 6) is -0.503. The maximum atomic E-state index is 13.3. The molecule has 0 saturated heterocycles. The summed E-state index contributed by atoms with van der Waals surface area (Å²) in [7, 11) is 3.89. The summed E-state index contributed by atoms with van der Waals surface area (Å²) in [4.78, 5) is 14.1. The van der Waals surface area contributed by atoms with Gasteiger partial charge < -0.3 is 10.2 Å². The lowest BCUT2D eigenvalue weighted by atomic mass is 10.2. The lowest BCUT2D eigenvalue weighted by molar-refractivity contribution is 0.0950. The van der Waals surface area contributed by atoms with Crippen LogP contribution in [0.2, 0.25) is 0 Å². The molecule has 1 heterocycles. The summed E-state index contributed by atoms with van der Waals surface area (Å²) >= 11 is 0. The van der Waals surface area contributed by atoms with E-state index in [2.05, 4.69) is 10.4 Å². The maximum Gasteiger partial charge on any atom is 0.254 e. The van der Waals surface area contributed by atoms with Crippen molar-refractivity contribution in [3.8, 4) is 5.69 Å². The number of halogens is 1. The predicted octanol–water partition coefficient (Wildman–Crippen LogP) is 1.61. The Bertz CT molecular complexity index is 636. The molecule has 0 atom stereocenters. The fourth-order valence-corrected chi connectivity index (χ4v) is 1.99. The molecule has 0 radical (unpaired) electrons. The summed E-state index contributed by atoms with van der Waals surface area (Å²) in [6.45, 7) is 3.12. The molecule has 21 heavy (non-hydrogen) atoms. The highest BCUT2D eigenvalue weighted by atomic mass is 19.1. The Labute approximate surface area is 123 Å². The van der Waals surface area contributed by atoms with E-state index < -0.39 is 0 Å². The molecule has 1 aromatic carbocycles. The van der Waals surface area contributed by atoms with Crippen LogP contribution in [-0.4, -0.2) is 47.8 Å². The van der Waals surface area contributed by atoms with Crippen molar-refractivity contribution in [2.45, 2.75) is 6.92 Å². The van der Waals surface area contributed by atoms with Crippen LogP contribution in [0.4, 0.5) is 4.39 Å². The molecule has 5 nitrogen and oxygen atoms in total. The van der Waals surface area contributed by atoms with Crippen molar-refractivity contribution in [1.29, 1.82) is 0 Å². The lowest BCUT2D eigenvalue weighted by Gasteiger charge is -2.10. The minimum absolute atomic E-state index is 0.169. The SMILES string of the molecule is Cc1c(C(=O)NCCN(C)C)cnn1-c1cccc(F)c1. The predicted molar refractivity (Wildman–Crippen MR) is 79.1 cm³/mol. The monoisotopic (exact) mass is 290 g/mol.